The van der Waals surface area contributed by atoms with Gasteiger partial charge in [0.15, 0.2) is 0 Å². The molecular weight excluding hydrogens is 314 g/mol. The smallest absolute Gasteiger partial charge is 0.243 e. The first-order valence-corrected chi connectivity index (χ1v) is 9.49. The molecule has 2 amide bonds. The molecule has 0 aromatic heterocycles. The van der Waals surface area contributed by atoms with Crippen molar-refractivity contribution in [2.24, 2.45) is 23.5 Å². The number of rotatable bonds is 5. The number of anilines is 1. The number of hydrogen-bond donors (Lipinski definition) is 3. The zero-order valence-electron chi connectivity index (χ0n) is 15.0. The van der Waals surface area contributed by atoms with Crippen molar-refractivity contribution >= 4 is 17.5 Å². The average Bonchev–Trinajstić information content (AvgIpc) is 2.59. The number of aryl methyl sites for hydroxylation is 1. The van der Waals surface area contributed by atoms with Gasteiger partial charge < -0.3 is 16.4 Å². The van der Waals surface area contributed by atoms with E-state index in [-0.39, 0.29) is 30.3 Å². The molecule has 2 bridgehead atoms. The van der Waals surface area contributed by atoms with Gasteiger partial charge in [-0.3, -0.25) is 9.59 Å². The van der Waals surface area contributed by atoms with Crippen molar-refractivity contribution in [2.45, 2.75) is 51.5 Å². The maximum absolute atomic E-state index is 12.5. The summed E-state index contributed by atoms with van der Waals surface area (Å²) in [5, 5.41) is 5.66. The molecule has 3 rings (SSSR count). The maximum atomic E-state index is 12.5. The number of carbonyl (C=O) groups excluding carboxylic acids is 2. The van der Waals surface area contributed by atoms with Gasteiger partial charge in [0.25, 0.3) is 0 Å². The Labute approximate surface area is 149 Å². The molecule has 5 nitrogen and oxygen atoms in total. The molecule has 2 fully saturated rings. The first-order chi connectivity index (χ1) is 12.1. The second kappa shape index (κ2) is 8.00. The number of hydrogen-bond acceptors (Lipinski definition) is 3. The number of fused-ring (bicyclic) bond motifs is 2. The van der Waals surface area contributed by atoms with E-state index in [9.17, 15) is 9.59 Å². The molecule has 0 radical (unpaired) electrons. The van der Waals surface area contributed by atoms with Crippen LogP contribution in [0.15, 0.2) is 24.3 Å². The summed E-state index contributed by atoms with van der Waals surface area (Å²) in [4.78, 5) is 24.6. The summed E-state index contributed by atoms with van der Waals surface area (Å²) in [6.45, 7) is 2.10. The van der Waals surface area contributed by atoms with Crippen molar-refractivity contribution in [3.8, 4) is 0 Å². The van der Waals surface area contributed by atoms with E-state index in [2.05, 4.69) is 17.6 Å². The van der Waals surface area contributed by atoms with Crippen molar-refractivity contribution in [1.29, 1.82) is 0 Å². The zero-order chi connectivity index (χ0) is 17.8. The van der Waals surface area contributed by atoms with Crippen molar-refractivity contribution in [2.75, 3.05) is 11.9 Å². The summed E-state index contributed by atoms with van der Waals surface area (Å²) >= 11 is 0. The number of nitrogens with two attached hydrogens (primary N) is 1. The molecule has 2 aliphatic carbocycles. The number of amides is 2. The van der Waals surface area contributed by atoms with Crippen molar-refractivity contribution in [3.63, 3.8) is 0 Å². The molecule has 2 atom stereocenters. The molecule has 0 aliphatic heterocycles. The summed E-state index contributed by atoms with van der Waals surface area (Å²) in [6, 6.07) is 8.04. The SMILES string of the molecule is CCc1cccc(NC(=O)CNC(=O)C2CC3CCCC(C2)C3N)c1. The molecule has 136 valence electrons. The summed E-state index contributed by atoms with van der Waals surface area (Å²) in [6.07, 6.45) is 6.15. The van der Waals surface area contributed by atoms with Crippen LogP contribution in [0.2, 0.25) is 0 Å². The molecule has 0 spiro atoms. The predicted molar refractivity (Wildman–Crippen MR) is 99.0 cm³/mol. The van der Waals surface area contributed by atoms with Crippen molar-refractivity contribution < 1.29 is 9.59 Å². The maximum Gasteiger partial charge on any atom is 0.243 e. The van der Waals surface area contributed by atoms with E-state index < -0.39 is 0 Å². The van der Waals surface area contributed by atoms with E-state index in [1.165, 1.54) is 12.0 Å². The molecule has 1 aromatic rings. The highest BCUT2D eigenvalue weighted by molar-refractivity contribution is 5.94. The molecule has 2 aliphatic rings. The van der Waals surface area contributed by atoms with Crippen LogP contribution in [-0.2, 0) is 16.0 Å². The Hall–Kier alpha value is -1.88. The highest BCUT2D eigenvalue weighted by Gasteiger charge is 2.40. The third-order valence-corrected chi connectivity index (χ3v) is 5.83. The van der Waals surface area contributed by atoms with Crippen LogP contribution in [0.4, 0.5) is 5.69 Å². The van der Waals surface area contributed by atoms with Crippen LogP contribution in [0.1, 0.15) is 44.6 Å². The summed E-state index contributed by atoms with van der Waals surface area (Å²) in [7, 11) is 0. The van der Waals surface area contributed by atoms with Gasteiger partial charge in [-0.2, -0.15) is 0 Å². The van der Waals surface area contributed by atoms with E-state index in [4.69, 9.17) is 5.73 Å². The van der Waals surface area contributed by atoms with Gasteiger partial charge in [0.05, 0.1) is 6.54 Å². The first-order valence-electron chi connectivity index (χ1n) is 9.49. The van der Waals surface area contributed by atoms with Crippen LogP contribution in [0, 0.1) is 17.8 Å². The summed E-state index contributed by atoms with van der Waals surface area (Å²) in [5.74, 6) is 0.754. The number of benzene rings is 1. The van der Waals surface area contributed by atoms with Crippen LogP contribution < -0.4 is 16.4 Å². The monoisotopic (exact) mass is 343 g/mol. The van der Waals surface area contributed by atoms with Crippen molar-refractivity contribution in [3.05, 3.63) is 29.8 Å². The summed E-state index contributed by atoms with van der Waals surface area (Å²) in [5.41, 5.74) is 8.23. The normalized spacial score (nSPS) is 28.2. The minimum atomic E-state index is -0.186. The Morgan fingerprint density at radius 3 is 2.60 bits per heavy atom. The third-order valence-electron chi connectivity index (χ3n) is 5.83. The molecule has 5 heteroatoms. The molecule has 2 saturated carbocycles. The van der Waals surface area contributed by atoms with E-state index >= 15 is 0 Å². The van der Waals surface area contributed by atoms with Gasteiger partial charge in [-0.25, -0.2) is 0 Å². The minimum absolute atomic E-state index is 0.00117. The lowest BCUT2D eigenvalue weighted by atomic mass is 9.65. The second-order valence-electron chi connectivity index (χ2n) is 7.52. The van der Waals surface area contributed by atoms with Gasteiger partial charge in [0.2, 0.25) is 11.8 Å². The lowest BCUT2D eigenvalue weighted by molar-refractivity contribution is -0.129. The molecule has 0 heterocycles. The van der Waals surface area contributed by atoms with E-state index in [1.807, 2.05) is 24.3 Å². The fourth-order valence-corrected chi connectivity index (χ4v) is 4.39. The van der Waals surface area contributed by atoms with Crippen molar-refractivity contribution in [1.82, 2.24) is 5.32 Å². The van der Waals surface area contributed by atoms with Gasteiger partial charge >= 0.3 is 0 Å². The lowest BCUT2D eigenvalue weighted by Crippen LogP contribution is -2.49. The van der Waals surface area contributed by atoms with Crippen LogP contribution in [0.5, 0.6) is 0 Å². The quantitative estimate of drug-likeness (QED) is 0.768. The van der Waals surface area contributed by atoms with Gasteiger partial charge in [0.1, 0.15) is 0 Å². The summed E-state index contributed by atoms with van der Waals surface area (Å²) < 4.78 is 0. The average molecular weight is 343 g/mol. The largest absolute Gasteiger partial charge is 0.347 e. The molecule has 1 aromatic carbocycles. The van der Waals surface area contributed by atoms with Crippen LogP contribution in [0.3, 0.4) is 0 Å². The molecule has 0 saturated heterocycles. The van der Waals surface area contributed by atoms with E-state index in [1.54, 1.807) is 0 Å². The van der Waals surface area contributed by atoms with Crippen LogP contribution in [0.25, 0.3) is 0 Å². The Balaban J connectivity index is 1.48. The Bertz CT molecular complexity index is 617. The topological polar surface area (TPSA) is 84.2 Å². The molecular formula is C20H29N3O2. The standard InChI is InChI=1S/C20H29N3O2/c1-2-13-5-3-8-17(9-13)23-18(24)12-22-20(25)16-10-14-6-4-7-15(11-16)19(14)21/h3,5,8-9,14-16,19H,2,4,6-7,10-12,21H2,1H3,(H,22,25)(H,23,24). The highest BCUT2D eigenvalue weighted by atomic mass is 16.2. The second-order valence-corrected chi connectivity index (χ2v) is 7.52. The third kappa shape index (κ3) is 4.40. The fourth-order valence-electron chi connectivity index (χ4n) is 4.39. The zero-order valence-corrected chi connectivity index (χ0v) is 15.0. The van der Waals surface area contributed by atoms with E-state index in [0.717, 1.165) is 37.8 Å². The van der Waals surface area contributed by atoms with Gasteiger partial charge in [-0.05, 0) is 61.6 Å². The van der Waals surface area contributed by atoms with Crippen LogP contribution in [-0.4, -0.2) is 24.4 Å². The fraction of sp³-hybridized carbons (Fsp3) is 0.600. The molecule has 2 unspecified atom stereocenters. The minimum Gasteiger partial charge on any atom is -0.347 e. The van der Waals surface area contributed by atoms with Gasteiger partial charge in [0, 0.05) is 17.6 Å². The predicted octanol–water partition coefficient (Wildman–Crippen LogP) is 2.46. The first kappa shape index (κ1) is 17.9. The van der Waals surface area contributed by atoms with Gasteiger partial charge in [-0.1, -0.05) is 25.5 Å². The molecule has 4 N–H and O–H groups in total. The molecule has 25 heavy (non-hydrogen) atoms. The Kier molecular flexibility index (Phi) is 5.74. The van der Waals surface area contributed by atoms with Gasteiger partial charge in [-0.15, -0.1) is 0 Å². The lowest BCUT2D eigenvalue weighted by Gasteiger charge is -2.43. The van der Waals surface area contributed by atoms with Crippen LogP contribution >= 0.6 is 0 Å². The Morgan fingerprint density at radius 1 is 1.20 bits per heavy atom. The number of nitrogens with one attached hydrogen (secondary N) is 2. The number of carbonyl (C=O) groups is 2. The highest BCUT2D eigenvalue weighted by Crippen LogP contribution is 2.41. The Morgan fingerprint density at radius 2 is 1.92 bits per heavy atom. The van der Waals surface area contributed by atoms with E-state index in [0.29, 0.717) is 11.8 Å².